The van der Waals surface area contributed by atoms with Crippen LogP contribution in [0, 0.1) is 5.92 Å². The Balaban J connectivity index is 2.17. The van der Waals surface area contributed by atoms with Crippen LogP contribution >= 0.6 is 15.9 Å². The SMILES string of the molecule is CC(O)(c1ccc(Br)cc1)C1CCS(=O)CC1. The molecule has 0 radical (unpaired) electrons. The van der Waals surface area contributed by atoms with Gasteiger partial charge in [-0.05, 0) is 43.4 Å². The third kappa shape index (κ3) is 2.98. The molecule has 17 heavy (non-hydrogen) atoms. The Morgan fingerprint density at radius 1 is 1.29 bits per heavy atom. The van der Waals surface area contributed by atoms with Crippen LogP contribution in [0.1, 0.15) is 25.3 Å². The van der Waals surface area contributed by atoms with Gasteiger partial charge in [0.2, 0.25) is 0 Å². The lowest BCUT2D eigenvalue weighted by atomic mass is 9.79. The Labute approximate surface area is 113 Å². The third-order valence-corrected chi connectivity index (χ3v) is 5.52. The third-order valence-electron chi connectivity index (χ3n) is 3.61. The standard InChI is InChI=1S/C13H17BrO2S/c1-13(15,10-2-4-12(14)5-3-10)11-6-8-17(16)9-7-11/h2-5,11,15H,6-9H2,1H3. The quantitative estimate of drug-likeness (QED) is 0.911. The van der Waals surface area contributed by atoms with Crippen molar-refractivity contribution in [2.45, 2.75) is 25.4 Å². The lowest BCUT2D eigenvalue weighted by Crippen LogP contribution is -2.36. The molecule has 1 aliphatic rings. The van der Waals surface area contributed by atoms with Crippen LogP contribution in [0.2, 0.25) is 0 Å². The topological polar surface area (TPSA) is 37.3 Å². The molecule has 0 aromatic heterocycles. The summed E-state index contributed by atoms with van der Waals surface area (Å²) in [4.78, 5) is 0. The molecule has 0 saturated carbocycles. The molecule has 1 atom stereocenters. The summed E-state index contributed by atoms with van der Waals surface area (Å²) in [6.07, 6.45) is 1.69. The Bertz CT molecular complexity index is 404. The Morgan fingerprint density at radius 2 is 1.82 bits per heavy atom. The van der Waals surface area contributed by atoms with Crippen LogP contribution in [0.3, 0.4) is 0 Å². The zero-order valence-electron chi connectivity index (χ0n) is 9.86. The average molecular weight is 317 g/mol. The maximum absolute atomic E-state index is 11.3. The van der Waals surface area contributed by atoms with Crippen molar-refractivity contribution in [1.82, 2.24) is 0 Å². The molecule has 1 fully saturated rings. The first-order valence-electron chi connectivity index (χ1n) is 5.83. The van der Waals surface area contributed by atoms with E-state index in [0.717, 1.165) is 34.4 Å². The van der Waals surface area contributed by atoms with E-state index in [-0.39, 0.29) is 5.92 Å². The van der Waals surface area contributed by atoms with Gasteiger partial charge in [-0.3, -0.25) is 4.21 Å². The van der Waals surface area contributed by atoms with Gasteiger partial charge in [-0.15, -0.1) is 0 Å². The van der Waals surface area contributed by atoms with Gasteiger partial charge in [-0.2, -0.15) is 0 Å². The smallest absolute Gasteiger partial charge is 0.0897 e. The van der Waals surface area contributed by atoms with Gasteiger partial charge in [0.1, 0.15) is 0 Å². The zero-order chi connectivity index (χ0) is 12.5. The molecule has 1 aromatic rings. The Kier molecular flexibility index (Phi) is 4.06. The summed E-state index contributed by atoms with van der Waals surface area (Å²) in [5.41, 5.74) is 0.129. The summed E-state index contributed by atoms with van der Waals surface area (Å²) >= 11 is 3.39. The minimum atomic E-state index is -0.814. The molecule has 0 aliphatic carbocycles. The second-order valence-electron chi connectivity index (χ2n) is 4.78. The highest BCUT2D eigenvalue weighted by atomic mass is 79.9. The zero-order valence-corrected chi connectivity index (χ0v) is 12.3. The molecule has 4 heteroatoms. The highest BCUT2D eigenvalue weighted by molar-refractivity contribution is 9.10. The van der Waals surface area contributed by atoms with Gasteiger partial charge in [0, 0.05) is 26.8 Å². The maximum atomic E-state index is 11.3. The summed E-state index contributed by atoms with van der Waals surface area (Å²) in [6, 6.07) is 7.81. The van der Waals surface area contributed by atoms with Crippen molar-refractivity contribution in [3.8, 4) is 0 Å². The molecule has 0 amide bonds. The van der Waals surface area contributed by atoms with Crippen molar-refractivity contribution < 1.29 is 9.32 Å². The number of halogens is 1. The van der Waals surface area contributed by atoms with Crippen molar-refractivity contribution >= 4 is 26.7 Å². The first-order chi connectivity index (χ1) is 8.00. The Morgan fingerprint density at radius 3 is 2.35 bits per heavy atom. The van der Waals surface area contributed by atoms with E-state index in [1.54, 1.807) is 0 Å². The largest absolute Gasteiger partial charge is 0.385 e. The van der Waals surface area contributed by atoms with E-state index in [4.69, 9.17) is 0 Å². The molecule has 94 valence electrons. The minimum absolute atomic E-state index is 0.210. The number of benzene rings is 1. The second-order valence-corrected chi connectivity index (χ2v) is 7.39. The van der Waals surface area contributed by atoms with Crippen LogP contribution in [-0.4, -0.2) is 20.8 Å². The fourth-order valence-corrected chi connectivity index (χ4v) is 3.94. The normalized spacial score (nSPS) is 28.6. The number of hydrogen-bond acceptors (Lipinski definition) is 2. The van der Waals surface area contributed by atoms with E-state index in [2.05, 4.69) is 15.9 Å². The molecule has 1 unspecified atom stereocenters. The minimum Gasteiger partial charge on any atom is -0.385 e. The van der Waals surface area contributed by atoms with Gasteiger partial charge < -0.3 is 5.11 Å². The lowest BCUT2D eigenvalue weighted by Gasteiger charge is -2.35. The Hall–Kier alpha value is -0.190. The predicted molar refractivity (Wildman–Crippen MR) is 74.3 cm³/mol. The summed E-state index contributed by atoms with van der Waals surface area (Å²) in [7, 11) is -0.674. The van der Waals surface area contributed by atoms with E-state index in [1.807, 2.05) is 31.2 Å². The molecule has 2 nitrogen and oxygen atoms in total. The van der Waals surface area contributed by atoms with Crippen LogP contribution < -0.4 is 0 Å². The molecule has 2 rings (SSSR count). The van der Waals surface area contributed by atoms with Crippen LogP contribution in [0.25, 0.3) is 0 Å². The van der Waals surface area contributed by atoms with Crippen LogP contribution in [0.15, 0.2) is 28.7 Å². The monoisotopic (exact) mass is 316 g/mol. The van der Waals surface area contributed by atoms with E-state index in [1.165, 1.54) is 0 Å². The molecular formula is C13H17BrO2S. The van der Waals surface area contributed by atoms with Gasteiger partial charge in [0.05, 0.1) is 5.60 Å². The molecule has 1 N–H and O–H groups in total. The van der Waals surface area contributed by atoms with Crippen LogP contribution in [-0.2, 0) is 16.4 Å². The number of aliphatic hydroxyl groups is 1. The van der Waals surface area contributed by atoms with Gasteiger partial charge in [0.25, 0.3) is 0 Å². The van der Waals surface area contributed by atoms with Gasteiger partial charge >= 0.3 is 0 Å². The molecule has 1 aromatic carbocycles. The highest BCUT2D eigenvalue weighted by Crippen LogP contribution is 2.36. The highest BCUT2D eigenvalue weighted by Gasteiger charge is 2.35. The first-order valence-corrected chi connectivity index (χ1v) is 8.11. The average Bonchev–Trinajstić information content (AvgIpc) is 2.30. The fourth-order valence-electron chi connectivity index (χ4n) is 2.38. The maximum Gasteiger partial charge on any atom is 0.0897 e. The molecule has 1 heterocycles. The van der Waals surface area contributed by atoms with Crippen molar-refractivity contribution in [3.63, 3.8) is 0 Å². The van der Waals surface area contributed by atoms with Crippen LogP contribution in [0.4, 0.5) is 0 Å². The van der Waals surface area contributed by atoms with E-state index in [9.17, 15) is 9.32 Å². The second kappa shape index (κ2) is 5.21. The molecule has 1 saturated heterocycles. The van der Waals surface area contributed by atoms with Gasteiger partial charge in [-0.25, -0.2) is 0 Å². The predicted octanol–water partition coefficient (Wildman–Crippen LogP) is 2.82. The van der Waals surface area contributed by atoms with Crippen molar-refractivity contribution in [2.24, 2.45) is 5.92 Å². The summed E-state index contributed by atoms with van der Waals surface area (Å²) in [5, 5.41) is 10.7. The first kappa shape index (κ1) is 13.2. The summed E-state index contributed by atoms with van der Waals surface area (Å²) in [6.45, 7) is 1.87. The summed E-state index contributed by atoms with van der Waals surface area (Å²) in [5.74, 6) is 1.65. The molecule has 0 bridgehead atoms. The van der Waals surface area contributed by atoms with Crippen molar-refractivity contribution in [2.75, 3.05) is 11.5 Å². The van der Waals surface area contributed by atoms with E-state index < -0.39 is 16.4 Å². The van der Waals surface area contributed by atoms with Crippen LogP contribution in [0.5, 0.6) is 0 Å². The molecular weight excluding hydrogens is 300 g/mol. The molecule has 1 aliphatic heterocycles. The number of hydrogen-bond donors (Lipinski definition) is 1. The van der Waals surface area contributed by atoms with Crippen molar-refractivity contribution in [1.29, 1.82) is 0 Å². The number of rotatable bonds is 2. The van der Waals surface area contributed by atoms with Gasteiger partial charge in [0.15, 0.2) is 0 Å². The fraction of sp³-hybridized carbons (Fsp3) is 0.538. The summed E-state index contributed by atoms with van der Waals surface area (Å²) < 4.78 is 12.4. The van der Waals surface area contributed by atoms with E-state index >= 15 is 0 Å². The van der Waals surface area contributed by atoms with Gasteiger partial charge in [-0.1, -0.05) is 28.1 Å². The molecule has 0 spiro atoms. The van der Waals surface area contributed by atoms with E-state index in [0.29, 0.717) is 0 Å². The lowest BCUT2D eigenvalue weighted by molar-refractivity contribution is -0.00994. The van der Waals surface area contributed by atoms with Crippen molar-refractivity contribution in [3.05, 3.63) is 34.3 Å².